The largest absolute Gasteiger partial charge is 0.365 e. The molecule has 2 unspecified atom stereocenters. The molecule has 2 saturated heterocycles. The van der Waals surface area contributed by atoms with Crippen LogP contribution in [0, 0.1) is 5.92 Å². The summed E-state index contributed by atoms with van der Waals surface area (Å²) in [6, 6.07) is 0.563. The summed E-state index contributed by atoms with van der Waals surface area (Å²) in [5.74, 6) is -0.413. The predicted octanol–water partition coefficient (Wildman–Crippen LogP) is 3.96. The molecule has 0 aromatic rings. The number of unbranched alkanes of at least 4 members (excludes halogenated alkanes) is 1. The Hall–Kier alpha value is -1.43. The molecule has 39 heavy (non-hydrogen) atoms. The maximum atomic E-state index is 13.7. The number of rotatable bonds is 11. The van der Waals surface area contributed by atoms with Crippen molar-refractivity contribution in [2.24, 2.45) is 5.92 Å². The van der Waals surface area contributed by atoms with Crippen molar-refractivity contribution in [1.82, 2.24) is 19.6 Å². The Labute approximate surface area is 241 Å². The normalized spacial score (nSPS) is 32.8. The molecule has 1 aliphatic carbocycles. The molecule has 2 atom stereocenters. The zero-order chi connectivity index (χ0) is 30.9. The molecular formula is C28H50N4O5SSi. The molecule has 3 heterocycles. The van der Waals surface area contributed by atoms with Crippen LogP contribution in [0.1, 0.15) is 62.4 Å². The van der Waals surface area contributed by atoms with Gasteiger partial charge in [-0.25, -0.2) is 18.1 Å². The van der Waals surface area contributed by atoms with Crippen LogP contribution in [0.2, 0.25) is 25.7 Å². The third kappa shape index (κ3) is 7.45. The van der Waals surface area contributed by atoms with E-state index in [2.05, 4.69) is 26.6 Å². The van der Waals surface area contributed by atoms with Crippen molar-refractivity contribution in [3.8, 4) is 0 Å². The molecule has 0 radical (unpaired) electrons. The summed E-state index contributed by atoms with van der Waals surface area (Å²) in [5, 5.41) is 0. The zero-order valence-electron chi connectivity index (χ0n) is 27.2. The molecule has 4 aliphatic rings. The summed E-state index contributed by atoms with van der Waals surface area (Å²) in [6.45, 7) is 8.68. The second-order valence-corrected chi connectivity index (χ2v) is 20.8. The standard InChI is InChI=1S/C28H50N4O5SSi/c1-5-6-14-29-15-7-16-30(22-29)25-10-8-24(9-11-25)21-32-27(34)31(23-37-17-20-39(2,3)4)26(33)28(32)12-18-38(35,36)19-13-28/h7,15,24-25H,5-6,8-14,16-23H2,1-4H3/i15D,16D,22D. The van der Waals surface area contributed by atoms with E-state index in [-0.39, 0.29) is 61.2 Å². The average molecular weight is 586 g/mol. The fourth-order valence-electron chi connectivity index (χ4n) is 6.04. The SMILES string of the molecule is [2H]C1=CC([2H])N(C2CCC(CN3C(=O)N(COCC[Si](C)(C)C)C(=O)C34CCS(=O)(=O)CC4)CC2)C([2H])N1CCCC. The lowest BCUT2D eigenvalue weighted by Crippen LogP contribution is -2.56. The first-order chi connectivity index (χ1) is 19.7. The molecule has 9 nitrogen and oxygen atoms in total. The van der Waals surface area contributed by atoms with Gasteiger partial charge in [-0.3, -0.25) is 9.69 Å². The van der Waals surface area contributed by atoms with Crippen molar-refractivity contribution in [1.29, 1.82) is 0 Å². The molecule has 4 rings (SSSR count). The summed E-state index contributed by atoms with van der Waals surface area (Å²) in [4.78, 5) is 33.9. The maximum absolute atomic E-state index is 13.7. The number of ether oxygens (including phenoxy) is 1. The smallest absolute Gasteiger partial charge is 0.329 e. The molecule has 0 aromatic heterocycles. The third-order valence-corrected chi connectivity index (χ3v) is 12.0. The molecular weight excluding hydrogens is 532 g/mol. The predicted molar refractivity (Wildman–Crippen MR) is 157 cm³/mol. The van der Waals surface area contributed by atoms with Gasteiger partial charge in [0, 0.05) is 41.7 Å². The van der Waals surface area contributed by atoms with E-state index in [1.165, 1.54) is 4.90 Å². The van der Waals surface area contributed by atoms with E-state index in [9.17, 15) is 18.0 Å². The number of sulfone groups is 1. The highest BCUT2D eigenvalue weighted by molar-refractivity contribution is 7.91. The van der Waals surface area contributed by atoms with Gasteiger partial charge in [0.15, 0.2) is 9.84 Å². The van der Waals surface area contributed by atoms with Crippen molar-refractivity contribution >= 4 is 29.8 Å². The zero-order valence-corrected chi connectivity index (χ0v) is 26.0. The number of hydrogen-bond donors (Lipinski definition) is 0. The second kappa shape index (κ2) is 12.6. The quantitative estimate of drug-likeness (QED) is 0.206. The second-order valence-electron chi connectivity index (χ2n) is 12.9. The van der Waals surface area contributed by atoms with Crippen molar-refractivity contribution in [3.63, 3.8) is 0 Å². The van der Waals surface area contributed by atoms with Gasteiger partial charge in [0.2, 0.25) is 0 Å². The Morgan fingerprint density at radius 2 is 1.85 bits per heavy atom. The number of hydrogen-bond acceptors (Lipinski definition) is 7. The van der Waals surface area contributed by atoms with Gasteiger partial charge in [-0.05, 0) is 63.1 Å². The topological polar surface area (TPSA) is 90.5 Å². The third-order valence-electron chi connectivity index (χ3n) is 8.68. The molecule has 3 fully saturated rings. The minimum absolute atomic E-state index is 0.0284. The van der Waals surface area contributed by atoms with Crippen molar-refractivity contribution in [3.05, 3.63) is 12.3 Å². The van der Waals surface area contributed by atoms with Gasteiger partial charge >= 0.3 is 6.03 Å². The first-order valence-corrected chi connectivity index (χ1v) is 20.2. The minimum Gasteiger partial charge on any atom is -0.365 e. The van der Waals surface area contributed by atoms with Gasteiger partial charge in [0.25, 0.3) is 5.91 Å². The molecule has 0 bridgehead atoms. The first kappa shape index (κ1) is 26.5. The Morgan fingerprint density at radius 3 is 2.49 bits per heavy atom. The van der Waals surface area contributed by atoms with Crippen LogP contribution in [0.15, 0.2) is 12.3 Å². The molecule has 0 N–H and O–H groups in total. The van der Waals surface area contributed by atoms with Gasteiger partial charge in [-0.1, -0.05) is 39.1 Å². The van der Waals surface area contributed by atoms with E-state index in [1.54, 1.807) is 15.9 Å². The Morgan fingerprint density at radius 1 is 1.15 bits per heavy atom. The molecule has 1 saturated carbocycles. The van der Waals surface area contributed by atoms with Gasteiger partial charge in [-0.2, -0.15) is 0 Å². The van der Waals surface area contributed by atoms with Crippen LogP contribution in [-0.4, -0.2) is 111 Å². The summed E-state index contributed by atoms with van der Waals surface area (Å²) in [6.07, 6.45) is 7.05. The van der Waals surface area contributed by atoms with Crippen LogP contribution in [0.4, 0.5) is 4.79 Å². The fourth-order valence-corrected chi connectivity index (χ4v) is 8.30. The van der Waals surface area contributed by atoms with Gasteiger partial charge in [-0.15, -0.1) is 0 Å². The first-order valence-electron chi connectivity index (χ1n) is 16.3. The monoisotopic (exact) mass is 585 g/mol. The Bertz CT molecular complexity index is 1120. The summed E-state index contributed by atoms with van der Waals surface area (Å²) < 4.78 is 56.1. The number of imide groups is 1. The van der Waals surface area contributed by atoms with E-state index in [0.717, 1.165) is 44.6 Å². The number of nitrogens with zero attached hydrogens (tertiary/aromatic N) is 4. The minimum atomic E-state index is -3.24. The lowest BCUT2D eigenvalue weighted by atomic mass is 9.83. The van der Waals surface area contributed by atoms with Crippen molar-refractivity contribution in [2.45, 2.75) is 95.6 Å². The molecule has 3 aliphatic heterocycles. The molecule has 3 amide bonds. The van der Waals surface area contributed by atoms with E-state index in [4.69, 9.17) is 8.85 Å². The van der Waals surface area contributed by atoms with E-state index >= 15 is 0 Å². The van der Waals surface area contributed by atoms with Gasteiger partial charge in [0.05, 0.1) is 20.9 Å². The number of urea groups is 1. The molecule has 1 spiro atoms. The number of carbonyl (C=O) groups is 2. The van der Waals surface area contributed by atoms with Crippen LogP contribution in [0.5, 0.6) is 0 Å². The van der Waals surface area contributed by atoms with Crippen LogP contribution in [0.3, 0.4) is 0 Å². The Kier molecular flexibility index (Phi) is 8.56. The average Bonchev–Trinajstić information content (AvgIpc) is 3.09. The summed E-state index contributed by atoms with van der Waals surface area (Å²) >= 11 is 0. The molecule has 11 heteroatoms. The van der Waals surface area contributed by atoms with Crippen LogP contribution in [0.25, 0.3) is 0 Å². The highest BCUT2D eigenvalue weighted by Crippen LogP contribution is 2.40. The molecule has 0 aromatic carbocycles. The van der Waals surface area contributed by atoms with Gasteiger partial charge < -0.3 is 14.5 Å². The Balaban J connectivity index is 1.42. The van der Waals surface area contributed by atoms with Crippen molar-refractivity contribution < 1.29 is 26.9 Å². The highest BCUT2D eigenvalue weighted by atomic mass is 32.2. The van der Waals surface area contributed by atoms with Crippen molar-refractivity contribution in [2.75, 3.05) is 51.1 Å². The van der Waals surface area contributed by atoms with Crippen LogP contribution >= 0.6 is 0 Å². The van der Waals surface area contributed by atoms with E-state index < -0.39 is 36.6 Å². The number of carbonyl (C=O) groups excluding carboxylic acids is 2. The van der Waals surface area contributed by atoms with E-state index in [1.807, 2.05) is 4.90 Å². The fraction of sp³-hybridized carbons (Fsp3) is 0.857. The van der Waals surface area contributed by atoms with E-state index in [0.29, 0.717) is 19.7 Å². The molecule has 222 valence electrons. The van der Waals surface area contributed by atoms with Gasteiger partial charge in [0.1, 0.15) is 12.3 Å². The maximum Gasteiger partial charge on any atom is 0.329 e. The summed E-state index contributed by atoms with van der Waals surface area (Å²) in [5.41, 5.74) is -1.14. The van der Waals surface area contributed by atoms with Crippen LogP contribution < -0.4 is 0 Å². The lowest BCUT2D eigenvalue weighted by Gasteiger charge is -2.43. The van der Waals surface area contributed by atoms with Crippen LogP contribution in [-0.2, 0) is 19.4 Å². The number of amides is 3. The highest BCUT2D eigenvalue weighted by Gasteiger charge is 2.59. The lowest BCUT2D eigenvalue weighted by molar-refractivity contribution is -0.137. The summed E-state index contributed by atoms with van der Waals surface area (Å²) in [7, 11) is -4.58.